The summed E-state index contributed by atoms with van der Waals surface area (Å²) in [7, 11) is 1.73. The topological polar surface area (TPSA) is 48.9 Å². The van der Waals surface area contributed by atoms with Gasteiger partial charge in [-0.3, -0.25) is 9.89 Å². The SMILES string of the molecule is CN=C(NCc1ccccc1F)NCC(c1cccs1)N1CCOCC1.I. The predicted molar refractivity (Wildman–Crippen MR) is 119 cm³/mol. The average molecular weight is 504 g/mol. The molecule has 1 aromatic carbocycles. The summed E-state index contributed by atoms with van der Waals surface area (Å²) >= 11 is 1.76. The fraction of sp³-hybridized carbons (Fsp3) is 0.421. The summed E-state index contributed by atoms with van der Waals surface area (Å²) in [4.78, 5) is 8.02. The van der Waals surface area contributed by atoms with Gasteiger partial charge in [0.1, 0.15) is 5.82 Å². The normalized spacial score (nSPS) is 16.4. The first-order valence-electron chi connectivity index (χ1n) is 8.81. The highest BCUT2D eigenvalue weighted by Crippen LogP contribution is 2.25. The van der Waals surface area contributed by atoms with Crippen molar-refractivity contribution < 1.29 is 9.13 Å². The minimum absolute atomic E-state index is 0. The number of thiophene rings is 1. The molecule has 1 aliphatic rings. The van der Waals surface area contributed by atoms with Crippen molar-refractivity contribution in [3.8, 4) is 0 Å². The predicted octanol–water partition coefficient (Wildman–Crippen LogP) is 3.24. The Balaban J connectivity index is 0.00000261. The Morgan fingerprint density at radius 2 is 2.00 bits per heavy atom. The fourth-order valence-corrected chi connectivity index (χ4v) is 3.88. The van der Waals surface area contributed by atoms with E-state index in [9.17, 15) is 4.39 Å². The molecule has 0 aliphatic carbocycles. The number of guanidine groups is 1. The van der Waals surface area contributed by atoms with Gasteiger partial charge in [-0.05, 0) is 17.5 Å². The van der Waals surface area contributed by atoms with Crippen molar-refractivity contribution in [3.05, 3.63) is 58.0 Å². The highest BCUT2D eigenvalue weighted by Gasteiger charge is 2.23. The third-order valence-corrected chi connectivity index (χ3v) is 5.42. The number of nitrogens with one attached hydrogen (secondary N) is 2. The molecule has 0 radical (unpaired) electrons. The van der Waals surface area contributed by atoms with Crippen LogP contribution in [0.4, 0.5) is 4.39 Å². The Morgan fingerprint density at radius 1 is 1.22 bits per heavy atom. The van der Waals surface area contributed by atoms with Gasteiger partial charge in [-0.2, -0.15) is 0 Å². The van der Waals surface area contributed by atoms with Crippen LogP contribution in [0.5, 0.6) is 0 Å². The molecular weight excluding hydrogens is 478 g/mol. The molecule has 0 spiro atoms. The summed E-state index contributed by atoms with van der Waals surface area (Å²) in [6, 6.07) is 11.3. The fourth-order valence-electron chi connectivity index (χ4n) is 3.01. The van der Waals surface area contributed by atoms with E-state index in [4.69, 9.17) is 4.74 Å². The lowest BCUT2D eigenvalue weighted by molar-refractivity contribution is 0.0177. The van der Waals surface area contributed by atoms with Crippen LogP contribution in [0.2, 0.25) is 0 Å². The van der Waals surface area contributed by atoms with Gasteiger partial charge < -0.3 is 15.4 Å². The lowest BCUT2D eigenvalue weighted by atomic mass is 10.2. The largest absolute Gasteiger partial charge is 0.379 e. The van der Waals surface area contributed by atoms with E-state index in [1.165, 1.54) is 10.9 Å². The quantitative estimate of drug-likeness (QED) is 0.361. The van der Waals surface area contributed by atoms with Gasteiger partial charge in [0.05, 0.1) is 19.3 Å². The molecule has 3 rings (SSSR count). The van der Waals surface area contributed by atoms with E-state index in [0.717, 1.165) is 32.8 Å². The number of hydrogen-bond donors (Lipinski definition) is 2. The van der Waals surface area contributed by atoms with Crippen LogP contribution in [0.3, 0.4) is 0 Å². The van der Waals surface area contributed by atoms with Crippen LogP contribution in [-0.4, -0.2) is 50.8 Å². The monoisotopic (exact) mass is 504 g/mol. The number of aliphatic imine (C=N–C) groups is 1. The maximum absolute atomic E-state index is 13.8. The third kappa shape index (κ3) is 6.41. The molecule has 1 aliphatic heterocycles. The Morgan fingerprint density at radius 3 is 2.67 bits per heavy atom. The minimum Gasteiger partial charge on any atom is -0.379 e. The number of ether oxygens (including phenoxy) is 1. The second-order valence-corrected chi connectivity index (χ2v) is 7.06. The first-order chi connectivity index (χ1) is 12.8. The van der Waals surface area contributed by atoms with Crippen LogP contribution in [0, 0.1) is 5.82 Å². The molecule has 2 heterocycles. The zero-order valence-corrected chi connectivity index (χ0v) is 18.5. The van der Waals surface area contributed by atoms with Crippen molar-refractivity contribution in [2.75, 3.05) is 39.9 Å². The van der Waals surface area contributed by atoms with Gasteiger partial charge in [0.15, 0.2) is 5.96 Å². The number of rotatable bonds is 6. The van der Waals surface area contributed by atoms with Crippen LogP contribution < -0.4 is 10.6 Å². The molecular formula is C19H26FIN4OS. The van der Waals surface area contributed by atoms with Crippen molar-refractivity contribution in [2.24, 2.45) is 4.99 Å². The Labute approximate surface area is 181 Å². The van der Waals surface area contributed by atoms with E-state index < -0.39 is 0 Å². The van der Waals surface area contributed by atoms with Crippen LogP contribution in [-0.2, 0) is 11.3 Å². The number of benzene rings is 1. The zero-order chi connectivity index (χ0) is 18.2. The van der Waals surface area contributed by atoms with E-state index in [1.807, 2.05) is 6.07 Å². The number of morpholine rings is 1. The van der Waals surface area contributed by atoms with Crippen molar-refractivity contribution in [2.45, 2.75) is 12.6 Å². The number of nitrogens with zero attached hydrogens (tertiary/aromatic N) is 2. The molecule has 0 bridgehead atoms. The van der Waals surface area contributed by atoms with Gasteiger partial charge in [0.2, 0.25) is 0 Å². The van der Waals surface area contributed by atoms with Crippen LogP contribution >= 0.6 is 35.3 Å². The van der Waals surface area contributed by atoms with Gasteiger partial charge >= 0.3 is 0 Å². The number of hydrogen-bond acceptors (Lipinski definition) is 4. The zero-order valence-electron chi connectivity index (χ0n) is 15.4. The van der Waals surface area contributed by atoms with Crippen molar-refractivity contribution in [1.29, 1.82) is 0 Å². The van der Waals surface area contributed by atoms with Gasteiger partial charge in [-0.15, -0.1) is 35.3 Å². The molecule has 2 aromatic rings. The van der Waals surface area contributed by atoms with Gasteiger partial charge in [-0.25, -0.2) is 4.39 Å². The average Bonchev–Trinajstić information content (AvgIpc) is 3.21. The van der Waals surface area contributed by atoms with Crippen molar-refractivity contribution in [1.82, 2.24) is 15.5 Å². The molecule has 2 N–H and O–H groups in total. The summed E-state index contributed by atoms with van der Waals surface area (Å²) in [5, 5.41) is 8.68. The molecule has 8 heteroatoms. The summed E-state index contributed by atoms with van der Waals surface area (Å²) in [5.41, 5.74) is 0.624. The molecule has 1 aromatic heterocycles. The third-order valence-electron chi connectivity index (χ3n) is 4.45. The summed E-state index contributed by atoms with van der Waals surface area (Å²) in [6.45, 7) is 4.51. The van der Waals surface area contributed by atoms with Crippen LogP contribution in [0.25, 0.3) is 0 Å². The summed E-state index contributed by atoms with van der Waals surface area (Å²) in [5.74, 6) is 0.461. The van der Waals surface area contributed by atoms with Crippen LogP contribution in [0.15, 0.2) is 46.8 Å². The van der Waals surface area contributed by atoms with E-state index in [0.29, 0.717) is 18.1 Å². The molecule has 0 amide bonds. The molecule has 0 saturated carbocycles. The van der Waals surface area contributed by atoms with E-state index >= 15 is 0 Å². The molecule has 27 heavy (non-hydrogen) atoms. The van der Waals surface area contributed by atoms with Gasteiger partial charge in [-0.1, -0.05) is 24.3 Å². The lowest BCUT2D eigenvalue weighted by Gasteiger charge is -2.34. The highest BCUT2D eigenvalue weighted by molar-refractivity contribution is 14.0. The second kappa shape index (κ2) is 11.6. The van der Waals surface area contributed by atoms with E-state index in [2.05, 4.69) is 38.0 Å². The molecule has 1 saturated heterocycles. The summed E-state index contributed by atoms with van der Waals surface area (Å²) in [6.07, 6.45) is 0. The maximum atomic E-state index is 13.8. The first kappa shape index (κ1) is 22.1. The standard InChI is InChI=1S/C19H25FN4OS.HI/c1-21-19(22-13-15-5-2-3-6-16(15)20)23-14-17(18-7-4-12-26-18)24-8-10-25-11-9-24;/h2-7,12,17H,8-11,13-14H2,1H3,(H2,21,22,23);1H. The molecule has 1 atom stereocenters. The minimum atomic E-state index is -0.208. The smallest absolute Gasteiger partial charge is 0.191 e. The Kier molecular flexibility index (Phi) is 9.46. The van der Waals surface area contributed by atoms with Gasteiger partial charge in [0, 0.05) is 43.7 Å². The van der Waals surface area contributed by atoms with E-state index in [1.54, 1.807) is 30.5 Å². The highest BCUT2D eigenvalue weighted by atomic mass is 127. The molecule has 1 fully saturated rings. The van der Waals surface area contributed by atoms with E-state index in [-0.39, 0.29) is 35.8 Å². The first-order valence-corrected chi connectivity index (χ1v) is 9.69. The molecule has 148 valence electrons. The Bertz CT molecular complexity index is 707. The van der Waals surface area contributed by atoms with Crippen molar-refractivity contribution in [3.63, 3.8) is 0 Å². The Hall–Kier alpha value is -1.23. The molecule has 5 nitrogen and oxygen atoms in total. The molecule has 1 unspecified atom stereocenters. The van der Waals surface area contributed by atoms with Crippen LogP contribution in [0.1, 0.15) is 16.5 Å². The van der Waals surface area contributed by atoms with Gasteiger partial charge in [0.25, 0.3) is 0 Å². The second-order valence-electron chi connectivity index (χ2n) is 6.08. The lowest BCUT2D eigenvalue weighted by Crippen LogP contribution is -2.46. The maximum Gasteiger partial charge on any atom is 0.191 e. The summed E-state index contributed by atoms with van der Waals surface area (Å²) < 4.78 is 19.3. The number of halogens is 2. The van der Waals surface area contributed by atoms with Crippen molar-refractivity contribution >= 4 is 41.3 Å².